The van der Waals surface area contributed by atoms with E-state index in [1.165, 1.54) is 19.1 Å². The first-order chi connectivity index (χ1) is 12.8. The number of benzene rings is 1. The third-order valence-corrected chi connectivity index (χ3v) is 4.92. The molecular weight excluding hydrogens is 468 g/mol. The molecular formula is C19H21FINO5. The van der Waals surface area contributed by atoms with Gasteiger partial charge in [0.25, 0.3) is 0 Å². The zero-order chi connectivity index (χ0) is 20.1. The molecule has 27 heavy (non-hydrogen) atoms. The summed E-state index contributed by atoms with van der Waals surface area (Å²) in [5, 5.41) is 18.1. The Balaban J connectivity index is 2.37. The lowest BCUT2D eigenvalue weighted by atomic mass is 10.0. The van der Waals surface area contributed by atoms with Crippen molar-refractivity contribution in [1.29, 1.82) is 0 Å². The molecule has 0 fully saturated rings. The minimum atomic E-state index is -0.859. The van der Waals surface area contributed by atoms with E-state index in [0.29, 0.717) is 17.0 Å². The van der Waals surface area contributed by atoms with Gasteiger partial charge in [0, 0.05) is 35.2 Å². The quantitative estimate of drug-likeness (QED) is 0.416. The smallest absolute Gasteiger partial charge is 0.190 e. The van der Waals surface area contributed by atoms with E-state index in [0.717, 1.165) is 3.57 Å². The van der Waals surface area contributed by atoms with Gasteiger partial charge in [-0.15, -0.1) is 0 Å². The molecule has 0 saturated carbocycles. The lowest BCUT2D eigenvalue weighted by Crippen LogP contribution is -2.25. The van der Waals surface area contributed by atoms with Crippen molar-refractivity contribution in [3.8, 4) is 0 Å². The van der Waals surface area contributed by atoms with Crippen LogP contribution in [0.1, 0.15) is 39.0 Å². The van der Waals surface area contributed by atoms with Crippen LogP contribution < -0.4 is 0 Å². The summed E-state index contributed by atoms with van der Waals surface area (Å²) >= 11 is 2.01. The number of Topliss-reactive ketones (excluding diaryl/α,β-unsaturated/α-hetero) is 2. The van der Waals surface area contributed by atoms with Gasteiger partial charge < -0.3 is 19.5 Å². The molecule has 146 valence electrons. The second-order valence-electron chi connectivity index (χ2n) is 6.14. The Kier molecular flexibility index (Phi) is 7.66. The van der Waals surface area contributed by atoms with E-state index in [4.69, 9.17) is 14.9 Å². The topological polar surface area (TPSA) is 88.8 Å². The van der Waals surface area contributed by atoms with E-state index in [-0.39, 0.29) is 30.2 Å². The summed E-state index contributed by atoms with van der Waals surface area (Å²) in [6.07, 6.45) is -0.723. The molecule has 0 aliphatic rings. The monoisotopic (exact) mass is 489 g/mol. The Bertz CT molecular complexity index is 845. The van der Waals surface area contributed by atoms with Crippen molar-refractivity contribution in [2.24, 2.45) is 7.05 Å². The number of hydrogen-bond donors (Lipinski definition) is 2. The highest BCUT2D eigenvalue weighted by molar-refractivity contribution is 14.1. The van der Waals surface area contributed by atoms with Crippen LogP contribution in [0.25, 0.3) is 0 Å². The number of carbonyl (C=O) groups is 2. The van der Waals surface area contributed by atoms with Crippen molar-refractivity contribution in [1.82, 2.24) is 4.57 Å². The van der Waals surface area contributed by atoms with Crippen LogP contribution in [0.2, 0.25) is 0 Å². The largest absolute Gasteiger partial charge is 0.394 e. The highest BCUT2D eigenvalue weighted by atomic mass is 127. The minimum absolute atomic E-state index is 0.136. The molecule has 0 aliphatic heterocycles. The summed E-state index contributed by atoms with van der Waals surface area (Å²) in [5.41, 5.74) is 1.50. The van der Waals surface area contributed by atoms with Gasteiger partial charge in [0.2, 0.25) is 0 Å². The lowest BCUT2D eigenvalue weighted by molar-refractivity contribution is -0.0132. The molecule has 6 nitrogen and oxygen atoms in total. The van der Waals surface area contributed by atoms with Crippen LogP contribution in [0, 0.1) is 9.39 Å². The normalized spacial score (nSPS) is 11.2. The fourth-order valence-electron chi connectivity index (χ4n) is 2.72. The number of ether oxygens (including phenoxy) is 1. The number of ketones is 2. The molecule has 8 heteroatoms. The number of aromatic nitrogens is 1. The first kappa shape index (κ1) is 21.7. The maximum Gasteiger partial charge on any atom is 0.190 e. The van der Waals surface area contributed by atoms with E-state index in [2.05, 4.69) is 0 Å². The molecule has 2 rings (SSSR count). The van der Waals surface area contributed by atoms with Gasteiger partial charge in [-0.05, 0) is 46.4 Å². The lowest BCUT2D eigenvalue weighted by Gasteiger charge is -2.13. The second kappa shape index (κ2) is 9.54. The number of carbonyl (C=O) groups excluding carboxylic acids is 2. The first-order valence-corrected chi connectivity index (χ1v) is 9.36. The van der Waals surface area contributed by atoms with Crippen LogP contribution in [-0.2, 0) is 18.2 Å². The summed E-state index contributed by atoms with van der Waals surface area (Å²) in [6.45, 7) is 0.189. The fraction of sp³-hybridized carbons (Fsp3) is 0.368. The van der Waals surface area contributed by atoms with E-state index in [1.54, 1.807) is 23.7 Å². The predicted molar refractivity (Wildman–Crippen MR) is 106 cm³/mol. The molecule has 0 unspecified atom stereocenters. The van der Waals surface area contributed by atoms with Gasteiger partial charge in [0.15, 0.2) is 11.6 Å². The molecule has 0 amide bonds. The number of aliphatic hydroxyl groups is 2. The van der Waals surface area contributed by atoms with Crippen molar-refractivity contribution in [3.05, 3.63) is 56.2 Å². The van der Waals surface area contributed by atoms with E-state index < -0.39 is 25.1 Å². The Morgan fingerprint density at radius 1 is 1.26 bits per heavy atom. The van der Waals surface area contributed by atoms with Crippen LogP contribution in [0.3, 0.4) is 0 Å². The summed E-state index contributed by atoms with van der Waals surface area (Å²) in [5.74, 6) is -1.01. The minimum Gasteiger partial charge on any atom is -0.394 e. The Morgan fingerprint density at radius 3 is 2.48 bits per heavy atom. The van der Waals surface area contributed by atoms with Gasteiger partial charge in [0.05, 0.1) is 18.9 Å². The summed E-state index contributed by atoms with van der Waals surface area (Å²) in [4.78, 5) is 24.5. The SMILES string of the molecule is CC(=O)c1cc(C(=O)COC(CO)CO)c(Cc2ccc(I)cc2F)n1C. The van der Waals surface area contributed by atoms with Gasteiger partial charge in [-0.1, -0.05) is 6.07 Å². The Labute approximate surface area is 170 Å². The number of aliphatic hydroxyl groups excluding tert-OH is 2. The number of rotatable bonds is 9. The molecule has 0 spiro atoms. The molecule has 0 radical (unpaired) electrons. The van der Waals surface area contributed by atoms with Crippen molar-refractivity contribution in [2.45, 2.75) is 19.4 Å². The molecule has 0 atom stereocenters. The summed E-state index contributed by atoms with van der Waals surface area (Å²) in [7, 11) is 1.65. The van der Waals surface area contributed by atoms with E-state index >= 15 is 0 Å². The Hall–Kier alpha value is -1.62. The van der Waals surface area contributed by atoms with Crippen LogP contribution in [0.15, 0.2) is 24.3 Å². The maximum atomic E-state index is 14.3. The van der Waals surface area contributed by atoms with Gasteiger partial charge in [-0.3, -0.25) is 9.59 Å². The fourth-order valence-corrected chi connectivity index (χ4v) is 3.17. The average molecular weight is 489 g/mol. The predicted octanol–water partition coefficient (Wildman–Crippen LogP) is 2.11. The molecule has 1 aromatic heterocycles. The zero-order valence-electron chi connectivity index (χ0n) is 15.0. The molecule has 1 aromatic carbocycles. The molecule has 2 aromatic rings. The Morgan fingerprint density at radius 2 is 1.93 bits per heavy atom. The molecule has 0 saturated heterocycles. The average Bonchev–Trinajstić information content (AvgIpc) is 2.95. The number of halogens is 2. The van der Waals surface area contributed by atoms with Crippen molar-refractivity contribution >= 4 is 34.2 Å². The van der Waals surface area contributed by atoms with Crippen LogP contribution in [0.4, 0.5) is 4.39 Å². The third kappa shape index (κ3) is 5.22. The molecule has 1 heterocycles. The van der Waals surface area contributed by atoms with Crippen molar-refractivity contribution in [3.63, 3.8) is 0 Å². The van der Waals surface area contributed by atoms with Crippen LogP contribution >= 0.6 is 22.6 Å². The van der Waals surface area contributed by atoms with Gasteiger partial charge in [-0.2, -0.15) is 0 Å². The van der Waals surface area contributed by atoms with Gasteiger partial charge >= 0.3 is 0 Å². The highest BCUT2D eigenvalue weighted by Crippen LogP contribution is 2.22. The summed E-state index contributed by atoms with van der Waals surface area (Å²) in [6, 6.07) is 6.30. The second-order valence-corrected chi connectivity index (χ2v) is 7.38. The summed E-state index contributed by atoms with van der Waals surface area (Å²) < 4.78 is 21.8. The maximum absolute atomic E-state index is 14.3. The molecule has 0 bridgehead atoms. The molecule has 2 N–H and O–H groups in total. The van der Waals surface area contributed by atoms with Gasteiger partial charge in [0.1, 0.15) is 18.5 Å². The van der Waals surface area contributed by atoms with Crippen LogP contribution in [0.5, 0.6) is 0 Å². The molecule has 0 aliphatic carbocycles. The number of hydrogen-bond acceptors (Lipinski definition) is 5. The zero-order valence-corrected chi connectivity index (χ0v) is 17.2. The highest BCUT2D eigenvalue weighted by Gasteiger charge is 2.22. The first-order valence-electron chi connectivity index (χ1n) is 8.28. The van der Waals surface area contributed by atoms with E-state index in [9.17, 15) is 14.0 Å². The standard InChI is InChI=1S/C19H21FINO5/c1-11(25)17-7-15(19(26)10-27-14(8-23)9-24)18(22(17)2)5-12-3-4-13(21)6-16(12)20/h3-4,6-7,14,23-24H,5,8-10H2,1-2H3. The van der Waals surface area contributed by atoms with E-state index in [1.807, 2.05) is 22.6 Å². The van der Waals surface area contributed by atoms with Gasteiger partial charge in [-0.25, -0.2) is 4.39 Å². The van der Waals surface area contributed by atoms with Crippen molar-refractivity contribution in [2.75, 3.05) is 19.8 Å². The third-order valence-electron chi connectivity index (χ3n) is 4.25. The van der Waals surface area contributed by atoms with Crippen LogP contribution in [-0.4, -0.2) is 52.3 Å². The van der Waals surface area contributed by atoms with Crippen molar-refractivity contribution < 1.29 is 28.9 Å². The number of nitrogens with zero attached hydrogens (tertiary/aromatic N) is 1.